The molecule has 0 bridgehead atoms. The second-order valence-electron chi connectivity index (χ2n) is 5.05. The van der Waals surface area contributed by atoms with Crippen LogP contribution < -0.4 is 10.1 Å². The first-order valence-corrected chi connectivity index (χ1v) is 7.08. The number of ether oxygens (including phenoxy) is 1. The number of nitriles is 1. The molecule has 0 aromatic heterocycles. The Kier molecular flexibility index (Phi) is 5.20. The molecule has 1 aliphatic heterocycles. The number of nitrogens with one attached hydrogen (secondary N) is 1. The lowest BCUT2D eigenvalue weighted by Crippen LogP contribution is -2.45. The van der Waals surface area contributed by atoms with Gasteiger partial charge < -0.3 is 15.2 Å². The van der Waals surface area contributed by atoms with E-state index in [4.69, 9.17) is 10.00 Å². The summed E-state index contributed by atoms with van der Waals surface area (Å²) in [5.41, 5.74) is 1.22. The number of phenolic OH excluding ortho intramolecular Hbond substituents is 1. The summed E-state index contributed by atoms with van der Waals surface area (Å²) in [5, 5.41) is 22.9. The van der Waals surface area contributed by atoms with Gasteiger partial charge >= 0.3 is 0 Å². The van der Waals surface area contributed by atoms with Gasteiger partial charge in [0.25, 0.3) is 0 Å². The zero-order valence-corrected chi connectivity index (χ0v) is 12.3. The van der Waals surface area contributed by atoms with E-state index in [0.717, 1.165) is 31.7 Å². The second-order valence-corrected chi connectivity index (χ2v) is 5.05. The van der Waals surface area contributed by atoms with Crippen molar-refractivity contribution in [2.75, 3.05) is 33.3 Å². The number of rotatable bonds is 5. The first-order valence-electron chi connectivity index (χ1n) is 7.08. The number of methoxy groups -OCH3 is 1. The van der Waals surface area contributed by atoms with Crippen molar-refractivity contribution in [3.8, 4) is 17.6 Å². The van der Waals surface area contributed by atoms with Crippen molar-refractivity contribution in [3.63, 3.8) is 0 Å². The number of aromatic hydroxyl groups is 1. The van der Waals surface area contributed by atoms with Crippen LogP contribution in [0.25, 0.3) is 0 Å². The van der Waals surface area contributed by atoms with Gasteiger partial charge in [-0.2, -0.15) is 5.26 Å². The van der Waals surface area contributed by atoms with Crippen molar-refractivity contribution < 1.29 is 9.84 Å². The zero-order valence-electron chi connectivity index (χ0n) is 12.3. The van der Waals surface area contributed by atoms with Gasteiger partial charge in [0.2, 0.25) is 0 Å². The van der Waals surface area contributed by atoms with E-state index in [-0.39, 0.29) is 11.8 Å². The first kappa shape index (κ1) is 15.4. The number of phenols is 1. The molecule has 0 amide bonds. The molecule has 1 atom stereocenters. The maximum atomic E-state index is 10.4. The summed E-state index contributed by atoms with van der Waals surface area (Å²) in [7, 11) is 1.49. The topological polar surface area (TPSA) is 68.5 Å². The second kappa shape index (κ2) is 7.11. The molecule has 1 heterocycles. The van der Waals surface area contributed by atoms with E-state index in [1.54, 1.807) is 12.1 Å². The van der Waals surface area contributed by atoms with Gasteiger partial charge in [-0.05, 0) is 12.5 Å². The highest BCUT2D eigenvalue weighted by Gasteiger charge is 2.25. The fraction of sp³-hybridized carbons (Fsp3) is 0.438. The van der Waals surface area contributed by atoms with Gasteiger partial charge in [-0.1, -0.05) is 6.08 Å². The van der Waals surface area contributed by atoms with Crippen molar-refractivity contribution in [2.45, 2.75) is 12.5 Å². The Balaban J connectivity index is 2.43. The third-order valence-corrected chi connectivity index (χ3v) is 3.79. The summed E-state index contributed by atoms with van der Waals surface area (Å²) in [5.74, 6) is 0.454. The minimum absolute atomic E-state index is 0.00630. The summed E-state index contributed by atoms with van der Waals surface area (Å²) in [6.07, 6.45) is 2.56. The highest BCUT2D eigenvalue weighted by Crippen LogP contribution is 2.38. The van der Waals surface area contributed by atoms with E-state index in [1.807, 2.05) is 6.08 Å². The Morgan fingerprint density at radius 2 is 2.24 bits per heavy atom. The standard InChI is InChI=1S/C16H21N3O2/c1-3-4-14(19-7-5-18-6-8-19)13-9-12(11-17)10-15(21-2)16(13)20/h3,9-10,14,18,20H,1,4-8H2,2H3/t14-/m0/s1. The molecule has 5 heteroatoms. The van der Waals surface area contributed by atoms with Gasteiger partial charge in [0.15, 0.2) is 11.5 Å². The molecule has 21 heavy (non-hydrogen) atoms. The first-order chi connectivity index (χ1) is 10.2. The third kappa shape index (κ3) is 3.35. The minimum Gasteiger partial charge on any atom is -0.504 e. The van der Waals surface area contributed by atoms with Gasteiger partial charge in [0.1, 0.15) is 0 Å². The van der Waals surface area contributed by atoms with Crippen molar-refractivity contribution in [2.24, 2.45) is 0 Å². The Morgan fingerprint density at radius 3 is 2.81 bits per heavy atom. The van der Waals surface area contributed by atoms with Crippen LogP contribution in [0.15, 0.2) is 24.8 Å². The SMILES string of the molecule is C=CC[C@@H](c1cc(C#N)cc(OC)c1O)N1CCNCC1. The average Bonchev–Trinajstić information content (AvgIpc) is 2.54. The predicted octanol–water partition coefficient (Wildman–Crippen LogP) is 1.79. The van der Waals surface area contributed by atoms with Crippen LogP contribution in [0.4, 0.5) is 0 Å². The average molecular weight is 287 g/mol. The molecule has 0 aliphatic carbocycles. The van der Waals surface area contributed by atoms with Gasteiger partial charge in [-0.25, -0.2) is 0 Å². The van der Waals surface area contributed by atoms with E-state index in [0.29, 0.717) is 17.7 Å². The molecule has 0 spiro atoms. The van der Waals surface area contributed by atoms with E-state index in [9.17, 15) is 5.11 Å². The van der Waals surface area contributed by atoms with Crippen LogP contribution in [0, 0.1) is 11.3 Å². The van der Waals surface area contributed by atoms with Crippen LogP contribution in [0.1, 0.15) is 23.6 Å². The number of piperazine rings is 1. The molecular formula is C16H21N3O2. The fourth-order valence-corrected chi connectivity index (χ4v) is 2.73. The lowest BCUT2D eigenvalue weighted by atomic mass is 9.97. The van der Waals surface area contributed by atoms with Crippen molar-refractivity contribution >= 4 is 0 Å². The summed E-state index contributed by atoms with van der Waals surface area (Å²) >= 11 is 0. The largest absolute Gasteiger partial charge is 0.504 e. The summed E-state index contributed by atoms with van der Waals surface area (Å²) in [6, 6.07) is 5.43. The molecule has 2 rings (SSSR count). The zero-order chi connectivity index (χ0) is 15.2. The summed E-state index contributed by atoms with van der Waals surface area (Å²) in [6.45, 7) is 7.46. The monoisotopic (exact) mass is 287 g/mol. The van der Waals surface area contributed by atoms with Crippen LogP contribution >= 0.6 is 0 Å². The van der Waals surface area contributed by atoms with E-state index in [1.165, 1.54) is 7.11 Å². The van der Waals surface area contributed by atoms with Crippen molar-refractivity contribution in [3.05, 3.63) is 35.9 Å². The molecule has 0 radical (unpaired) electrons. The van der Waals surface area contributed by atoms with Crippen LogP contribution in [-0.4, -0.2) is 43.3 Å². The number of hydrogen-bond acceptors (Lipinski definition) is 5. The smallest absolute Gasteiger partial charge is 0.162 e. The molecule has 112 valence electrons. The van der Waals surface area contributed by atoms with Crippen LogP contribution in [0.2, 0.25) is 0 Å². The Morgan fingerprint density at radius 1 is 1.52 bits per heavy atom. The highest BCUT2D eigenvalue weighted by atomic mass is 16.5. The number of benzene rings is 1. The molecule has 1 fully saturated rings. The van der Waals surface area contributed by atoms with Gasteiger partial charge in [-0.15, -0.1) is 6.58 Å². The molecule has 1 aliphatic rings. The molecule has 1 aromatic rings. The predicted molar refractivity (Wildman–Crippen MR) is 81.4 cm³/mol. The van der Waals surface area contributed by atoms with Crippen LogP contribution in [-0.2, 0) is 0 Å². The quantitative estimate of drug-likeness (QED) is 0.808. The van der Waals surface area contributed by atoms with Crippen molar-refractivity contribution in [1.29, 1.82) is 5.26 Å². The highest BCUT2D eigenvalue weighted by molar-refractivity contribution is 5.53. The van der Waals surface area contributed by atoms with Crippen LogP contribution in [0.5, 0.6) is 11.5 Å². The lowest BCUT2D eigenvalue weighted by molar-refractivity contribution is 0.171. The molecular weight excluding hydrogens is 266 g/mol. The Hall–Kier alpha value is -2.03. The third-order valence-electron chi connectivity index (χ3n) is 3.79. The molecule has 1 aromatic carbocycles. The minimum atomic E-state index is 0.00630. The molecule has 5 nitrogen and oxygen atoms in total. The number of nitrogens with zero attached hydrogens (tertiary/aromatic N) is 2. The molecule has 0 saturated carbocycles. The van der Waals surface area contributed by atoms with E-state index in [2.05, 4.69) is 22.9 Å². The molecule has 2 N–H and O–H groups in total. The maximum absolute atomic E-state index is 10.4. The Bertz CT molecular complexity index is 545. The van der Waals surface area contributed by atoms with Crippen LogP contribution in [0.3, 0.4) is 0 Å². The fourth-order valence-electron chi connectivity index (χ4n) is 2.73. The van der Waals surface area contributed by atoms with Gasteiger partial charge in [0.05, 0.1) is 18.7 Å². The van der Waals surface area contributed by atoms with E-state index < -0.39 is 0 Å². The van der Waals surface area contributed by atoms with Gasteiger partial charge in [-0.3, -0.25) is 4.90 Å². The summed E-state index contributed by atoms with van der Waals surface area (Å²) in [4.78, 5) is 2.30. The van der Waals surface area contributed by atoms with E-state index >= 15 is 0 Å². The van der Waals surface area contributed by atoms with Gasteiger partial charge in [0, 0.05) is 43.9 Å². The number of hydrogen-bond donors (Lipinski definition) is 2. The Labute approximate surface area is 125 Å². The van der Waals surface area contributed by atoms with Crippen molar-refractivity contribution in [1.82, 2.24) is 10.2 Å². The maximum Gasteiger partial charge on any atom is 0.162 e. The normalized spacial score (nSPS) is 17.0. The lowest BCUT2D eigenvalue weighted by Gasteiger charge is -2.35. The molecule has 0 unspecified atom stereocenters. The molecule has 1 saturated heterocycles. The summed E-state index contributed by atoms with van der Waals surface area (Å²) < 4.78 is 5.19.